The van der Waals surface area contributed by atoms with Crippen molar-refractivity contribution in [3.63, 3.8) is 0 Å². The summed E-state index contributed by atoms with van der Waals surface area (Å²) in [4.78, 5) is 7.23. The summed E-state index contributed by atoms with van der Waals surface area (Å²) in [6.07, 6.45) is 5.12. The summed E-state index contributed by atoms with van der Waals surface area (Å²) >= 11 is 2.07. The summed E-state index contributed by atoms with van der Waals surface area (Å²) in [5.41, 5.74) is 0. The van der Waals surface area contributed by atoms with E-state index in [1.54, 1.807) is 0 Å². The Labute approximate surface area is 162 Å². The van der Waals surface area contributed by atoms with Gasteiger partial charge in [-0.05, 0) is 44.9 Å². The molecule has 0 aromatic carbocycles. The lowest BCUT2D eigenvalue weighted by molar-refractivity contribution is 0.0372. The molecule has 2 heterocycles. The number of hydrogen-bond acceptors (Lipinski definition) is 4. The standard InChI is InChI=1S/C16H32N4OS.HI/c1-2-17-16(19-14-15-6-5-13-22-15)18-7-3-4-8-20-9-11-21-12-10-20;/h15H,2-14H2,1H3,(H2,17,18,19);1H. The number of rotatable bonds is 8. The Bertz CT molecular complexity index is 321. The number of unbranched alkanes of at least 4 members (excludes halogenated alkanes) is 1. The molecule has 2 rings (SSSR count). The molecule has 0 aliphatic carbocycles. The highest BCUT2D eigenvalue weighted by molar-refractivity contribution is 14.0. The number of hydrogen-bond donors (Lipinski definition) is 2. The third kappa shape index (κ3) is 9.36. The Balaban J connectivity index is 0.00000264. The molecule has 0 saturated carbocycles. The second-order valence-electron chi connectivity index (χ2n) is 5.94. The molecule has 2 aliphatic heterocycles. The Kier molecular flexibility index (Phi) is 12.6. The maximum Gasteiger partial charge on any atom is 0.191 e. The van der Waals surface area contributed by atoms with Crippen LogP contribution in [0.3, 0.4) is 0 Å². The number of nitrogens with zero attached hydrogens (tertiary/aromatic N) is 2. The zero-order chi connectivity index (χ0) is 15.5. The van der Waals surface area contributed by atoms with Crippen LogP contribution in [0.2, 0.25) is 0 Å². The molecule has 0 aromatic heterocycles. The third-order valence-corrected chi connectivity index (χ3v) is 5.50. The summed E-state index contributed by atoms with van der Waals surface area (Å²) < 4.78 is 5.37. The van der Waals surface area contributed by atoms with Gasteiger partial charge < -0.3 is 15.4 Å². The molecule has 2 fully saturated rings. The zero-order valence-corrected chi connectivity index (χ0v) is 17.5. The summed E-state index contributed by atoms with van der Waals surface area (Å²) in [5.74, 6) is 2.30. The van der Waals surface area contributed by atoms with Gasteiger partial charge in [0, 0.05) is 31.4 Å². The molecule has 0 amide bonds. The van der Waals surface area contributed by atoms with E-state index in [4.69, 9.17) is 9.73 Å². The van der Waals surface area contributed by atoms with Gasteiger partial charge >= 0.3 is 0 Å². The predicted octanol–water partition coefficient (Wildman–Crippen LogP) is 2.17. The summed E-state index contributed by atoms with van der Waals surface area (Å²) in [5, 5.41) is 7.55. The minimum atomic E-state index is 0. The van der Waals surface area contributed by atoms with Crippen LogP contribution in [0, 0.1) is 0 Å². The average molecular weight is 456 g/mol. The highest BCUT2D eigenvalue weighted by atomic mass is 127. The van der Waals surface area contributed by atoms with Gasteiger partial charge in [-0.25, -0.2) is 0 Å². The Hall–Kier alpha value is 0.270. The zero-order valence-electron chi connectivity index (χ0n) is 14.4. The molecule has 2 saturated heterocycles. The smallest absolute Gasteiger partial charge is 0.191 e. The summed E-state index contributed by atoms with van der Waals surface area (Å²) in [7, 11) is 0. The lowest BCUT2D eigenvalue weighted by Gasteiger charge is -2.26. The molecule has 7 heteroatoms. The Morgan fingerprint density at radius 3 is 2.78 bits per heavy atom. The highest BCUT2D eigenvalue weighted by Gasteiger charge is 2.15. The molecular weight excluding hydrogens is 423 g/mol. The molecule has 2 N–H and O–H groups in total. The summed E-state index contributed by atoms with van der Waals surface area (Å²) in [6, 6.07) is 0. The highest BCUT2D eigenvalue weighted by Crippen LogP contribution is 2.25. The van der Waals surface area contributed by atoms with E-state index in [1.165, 1.54) is 38.0 Å². The van der Waals surface area contributed by atoms with Crippen molar-refractivity contribution in [1.82, 2.24) is 15.5 Å². The lowest BCUT2D eigenvalue weighted by atomic mass is 10.2. The van der Waals surface area contributed by atoms with Gasteiger partial charge in [0.25, 0.3) is 0 Å². The van der Waals surface area contributed by atoms with E-state index in [0.29, 0.717) is 0 Å². The maximum absolute atomic E-state index is 5.37. The molecule has 23 heavy (non-hydrogen) atoms. The van der Waals surface area contributed by atoms with Gasteiger partial charge in [0.1, 0.15) is 0 Å². The van der Waals surface area contributed by atoms with Gasteiger partial charge in [0.15, 0.2) is 5.96 Å². The number of ether oxygens (including phenoxy) is 1. The molecular formula is C16H33IN4OS. The van der Waals surface area contributed by atoms with Crippen LogP contribution >= 0.6 is 35.7 Å². The van der Waals surface area contributed by atoms with E-state index in [-0.39, 0.29) is 24.0 Å². The van der Waals surface area contributed by atoms with Crippen LogP contribution in [0.15, 0.2) is 4.99 Å². The number of nitrogens with one attached hydrogen (secondary N) is 2. The van der Waals surface area contributed by atoms with Crippen molar-refractivity contribution >= 4 is 41.7 Å². The molecule has 0 radical (unpaired) electrons. The topological polar surface area (TPSA) is 48.9 Å². The van der Waals surface area contributed by atoms with Crippen LogP contribution in [-0.2, 0) is 4.74 Å². The van der Waals surface area contributed by atoms with Crippen molar-refractivity contribution in [2.75, 3.05) is 58.2 Å². The number of morpholine rings is 1. The second-order valence-corrected chi connectivity index (χ2v) is 7.35. The normalized spacial score (nSPS) is 22.7. The lowest BCUT2D eigenvalue weighted by Crippen LogP contribution is -2.39. The fourth-order valence-electron chi connectivity index (χ4n) is 2.82. The van der Waals surface area contributed by atoms with E-state index in [0.717, 1.165) is 57.1 Å². The van der Waals surface area contributed by atoms with E-state index in [2.05, 4.69) is 34.2 Å². The van der Waals surface area contributed by atoms with Gasteiger partial charge in [0.05, 0.1) is 19.8 Å². The first kappa shape index (κ1) is 21.3. The maximum atomic E-state index is 5.37. The Morgan fingerprint density at radius 2 is 2.09 bits per heavy atom. The number of thioether (sulfide) groups is 1. The second kappa shape index (κ2) is 13.5. The first-order valence-corrected chi connectivity index (χ1v) is 9.87. The molecule has 5 nitrogen and oxygen atoms in total. The fourth-order valence-corrected chi connectivity index (χ4v) is 4.00. The van der Waals surface area contributed by atoms with E-state index >= 15 is 0 Å². The predicted molar refractivity (Wildman–Crippen MR) is 111 cm³/mol. The van der Waals surface area contributed by atoms with Crippen molar-refractivity contribution in [2.45, 2.75) is 37.9 Å². The van der Waals surface area contributed by atoms with E-state index < -0.39 is 0 Å². The Morgan fingerprint density at radius 1 is 1.26 bits per heavy atom. The van der Waals surface area contributed by atoms with Crippen LogP contribution < -0.4 is 10.6 Å². The third-order valence-electron chi connectivity index (χ3n) is 4.12. The van der Waals surface area contributed by atoms with Gasteiger partial charge in [-0.3, -0.25) is 9.89 Å². The molecule has 0 aromatic rings. The minimum Gasteiger partial charge on any atom is -0.379 e. The van der Waals surface area contributed by atoms with Crippen LogP contribution in [0.5, 0.6) is 0 Å². The molecule has 1 unspecified atom stereocenters. The van der Waals surface area contributed by atoms with E-state index in [9.17, 15) is 0 Å². The van der Waals surface area contributed by atoms with Gasteiger partial charge in [-0.15, -0.1) is 24.0 Å². The molecule has 0 spiro atoms. The van der Waals surface area contributed by atoms with Crippen LogP contribution in [0.25, 0.3) is 0 Å². The minimum absolute atomic E-state index is 0. The first-order chi connectivity index (χ1) is 10.9. The number of aliphatic imine (C=N–C) groups is 1. The largest absolute Gasteiger partial charge is 0.379 e. The SMILES string of the molecule is CCNC(=NCC1CCCS1)NCCCCN1CCOCC1.I. The van der Waals surface area contributed by atoms with Crippen LogP contribution in [0.1, 0.15) is 32.6 Å². The van der Waals surface area contributed by atoms with Gasteiger partial charge in [-0.2, -0.15) is 11.8 Å². The van der Waals surface area contributed by atoms with Crippen molar-refractivity contribution in [1.29, 1.82) is 0 Å². The van der Waals surface area contributed by atoms with Gasteiger partial charge in [0.2, 0.25) is 0 Å². The molecule has 0 bridgehead atoms. The van der Waals surface area contributed by atoms with Crippen molar-refractivity contribution in [3.8, 4) is 0 Å². The van der Waals surface area contributed by atoms with Gasteiger partial charge in [-0.1, -0.05) is 0 Å². The average Bonchev–Trinajstić information content (AvgIpc) is 3.06. The number of halogens is 1. The number of guanidine groups is 1. The van der Waals surface area contributed by atoms with Crippen LogP contribution in [0.4, 0.5) is 0 Å². The van der Waals surface area contributed by atoms with Crippen LogP contribution in [-0.4, -0.2) is 74.3 Å². The molecule has 1 atom stereocenters. The molecule has 136 valence electrons. The van der Waals surface area contributed by atoms with E-state index in [1.807, 2.05) is 0 Å². The monoisotopic (exact) mass is 456 g/mol. The van der Waals surface area contributed by atoms with Crippen molar-refractivity contribution in [3.05, 3.63) is 0 Å². The molecule has 2 aliphatic rings. The van der Waals surface area contributed by atoms with Crippen molar-refractivity contribution in [2.24, 2.45) is 4.99 Å². The first-order valence-electron chi connectivity index (χ1n) is 8.82. The fraction of sp³-hybridized carbons (Fsp3) is 0.938. The summed E-state index contributed by atoms with van der Waals surface area (Å²) in [6.45, 7) is 10.2. The quantitative estimate of drug-likeness (QED) is 0.254. The van der Waals surface area contributed by atoms with Crippen molar-refractivity contribution < 1.29 is 4.74 Å².